The van der Waals surface area contributed by atoms with Crippen LogP contribution in [-0.4, -0.2) is 78.4 Å². The first kappa shape index (κ1) is 32.8. The number of aromatic nitrogens is 1. The molecule has 0 radical (unpaired) electrons. The molecule has 1 unspecified atom stereocenters. The Kier molecular flexibility index (Phi) is 10.0. The molecule has 5 rings (SSSR count). The monoisotopic (exact) mass is 622 g/mol. The number of amides is 2. The van der Waals surface area contributed by atoms with E-state index in [-0.39, 0.29) is 25.9 Å². The van der Waals surface area contributed by atoms with Gasteiger partial charge in [0.1, 0.15) is 18.2 Å². The highest BCUT2D eigenvalue weighted by molar-refractivity contribution is 5.91. The summed E-state index contributed by atoms with van der Waals surface area (Å²) in [7, 11) is 0. The molecule has 2 aliphatic carbocycles. The van der Waals surface area contributed by atoms with E-state index < -0.39 is 52.7 Å². The minimum absolute atomic E-state index is 0.0430. The molecule has 0 aromatic carbocycles. The highest BCUT2D eigenvalue weighted by Gasteiger charge is 2.46. The second-order valence-electron chi connectivity index (χ2n) is 12.9. The lowest BCUT2D eigenvalue weighted by atomic mass is 9.77. The van der Waals surface area contributed by atoms with Crippen LogP contribution in [0.5, 0.6) is 0 Å². The van der Waals surface area contributed by atoms with Gasteiger partial charge in [0.05, 0.1) is 19.3 Å². The summed E-state index contributed by atoms with van der Waals surface area (Å²) in [5.74, 6) is -2.56. The topological polar surface area (TPSA) is 166 Å². The number of hydrazine groups is 1. The first-order valence-electron chi connectivity index (χ1n) is 15.9. The third-order valence-corrected chi connectivity index (χ3v) is 9.27. The van der Waals surface area contributed by atoms with Gasteiger partial charge in [0.15, 0.2) is 6.10 Å². The number of esters is 1. The Balaban J connectivity index is 1.29. The minimum Gasteiger partial charge on any atom is -0.861 e. The van der Waals surface area contributed by atoms with Crippen LogP contribution in [0.25, 0.3) is 6.08 Å². The van der Waals surface area contributed by atoms with Crippen molar-refractivity contribution in [1.82, 2.24) is 20.7 Å². The van der Waals surface area contributed by atoms with Crippen molar-refractivity contribution in [2.24, 2.45) is 16.7 Å². The minimum atomic E-state index is -1.26. The van der Waals surface area contributed by atoms with Crippen LogP contribution in [0.2, 0.25) is 0 Å². The molecule has 3 N–H and O–H groups in total. The Morgan fingerprint density at radius 1 is 1.22 bits per heavy atom. The van der Waals surface area contributed by atoms with Gasteiger partial charge in [-0.05, 0) is 56.6 Å². The summed E-state index contributed by atoms with van der Waals surface area (Å²) in [4.78, 5) is 45.4. The van der Waals surface area contributed by atoms with Crippen molar-refractivity contribution in [3.63, 3.8) is 0 Å². The van der Waals surface area contributed by atoms with Gasteiger partial charge < -0.3 is 30.0 Å². The number of allylic oxidation sites excluding steroid dienone is 2. The fraction of sp³-hybridized carbons (Fsp3) is 0.606. The quantitative estimate of drug-likeness (QED) is 0.153. The highest BCUT2D eigenvalue weighted by atomic mass is 16.7. The Morgan fingerprint density at radius 2 is 1.98 bits per heavy atom. The molecule has 3 heterocycles. The Morgan fingerprint density at radius 3 is 2.64 bits per heavy atom. The fourth-order valence-corrected chi connectivity index (χ4v) is 6.11. The number of nitrogens with one attached hydrogen (secondary N) is 3. The summed E-state index contributed by atoms with van der Waals surface area (Å²) in [6.45, 7) is 6.20. The average Bonchev–Trinajstić information content (AvgIpc) is 3.02. The molecule has 2 saturated heterocycles. The van der Waals surface area contributed by atoms with Crippen molar-refractivity contribution in [2.75, 3.05) is 26.6 Å². The standard InChI is InChI=1S/C33H45N5O7/c1-4-24-11-10-22-12-13-32(3,17-26(22)36-24)14-15-33(18-43-20-44-19-33)31(42)45-27(23-7-5-8-23)29(40)35-21(2)30(41)38-16-6-9-25(37-38)28(34)39/h10-15,21,23,25,27,37H,4-9,16-20H2,1-3H3,(H2,34,39)(H,35,40)/p-1/b15-14+/t21-,25-,27-,32?/m0/s1. The summed E-state index contributed by atoms with van der Waals surface area (Å²) < 4.78 is 17.2. The molecule has 0 spiro atoms. The van der Waals surface area contributed by atoms with Crippen molar-refractivity contribution < 1.29 is 33.7 Å². The number of aryl methyl sites for hydroxylation is 1. The molecule has 2 aliphatic heterocycles. The molecule has 4 atom stereocenters. The number of nitrogens with zero attached hydrogens (tertiary/aromatic N) is 2. The summed E-state index contributed by atoms with van der Waals surface area (Å²) in [6.07, 6.45) is 11.7. The van der Waals surface area contributed by atoms with Gasteiger partial charge in [-0.3, -0.25) is 24.4 Å². The lowest BCUT2D eigenvalue weighted by Crippen LogP contribution is -2.61. The van der Waals surface area contributed by atoms with Gasteiger partial charge in [0, 0.05) is 35.7 Å². The van der Waals surface area contributed by atoms with E-state index in [1.54, 1.807) is 13.0 Å². The van der Waals surface area contributed by atoms with E-state index in [1.807, 2.05) is 12.1 Å². The fourth-order valence-electron chi connectivity index (χ4n) is 6.11. The molecule has 244 valence electrons. The van der Waals surface area contributed by atoms with Gasteiger partial charge in [-0.1, -0.05) is 50.6 Å². The van der Waals surface area contributed by atoms with Crippen molar-refractivity contribution in [2.45, 2.75) is 83.9 Å². The van der Waals surface area contributed by atoms with E-state index in [1.165, 1.54) is 5.01 Å². The highest BCUT2D eigenvalue weighted by Crippen LogP contribution is 2.37. The Labute approximate surface area is 264 Å². The number of hydrogen-bond donors (Lipinski definition) is 3. The second kappa shape index (κ2) is 13.8. The van der Waals surface area contributed by atoms with Crippen LogP contribution < -0.4 is 15.8 Å². The van der Waals surface area contributed by atoms with Crippen molar-refractivity contribution >= 4 is 29.8 Å². The van der Waals surface area contributed by atoms with Crippen molar-refractivity contribution in [1.29, 1.82) is 5.41 Å². The Bertz CT molecular complexity index is 1350. The van der Waals surface area contributed by atoms with E-state index >= 15 is 0 Å². The number of carbonyl (C=O) groups is 3. The van der Waals surface area contributed by atoms with E-state index in [9.17, 15) is 19.5 Å². The number of ether oxygens (including phenoxy) is 3. The third kappa shape index (κ3) is 7.45. The predicted molar refractivity (Wildman–Crippen MR) is 163 cm³/mol. The van der Waals surface area contributed by atoms with Gasteiger partial charge in [-0.25, -0.2) is 5.43 Å². The first-order valence-corrected chi connectivity index (χ1v) is 15.9. The smallest absolute Gasteiger partial charge is 0.321 e. The molecule has 3 fully saturated rings. The van der Waals surface area contributed by atoms with Crippen LogP contribution in [0.15, 0.2) is 30.4 Å². The normalized spacial score (nSPS) is 25.9. The predicted octanol–water partition coefficient (Wildman–Crippen LogP) is 1.82. The third-order valence-electron chi connectivity index (χ3n) is 9.27. The molecule has 0 bridgehead atoms. The summed E-state index contributed by atoms with van der Waals surface area (Å²) >= 11 is 0. The SMILES string of the molecule is CCc1ccc2c(n1)CC(C)(/C=C/C1(C(=O)O[C@H](C(=O)N[C@@H](C)C(=O)N3CCC[C@@H](C(=N)[O-])N3)C3CCC3)COCOC1)C=C2. The van der Waals surface area contributed by atoms with Gasteiger partial charge in [0.2, 0.25) is 0 Å². The van der Waals surface area contributed by atoms with Gasteiger partial charge in [-0.2, -0.15) is 0 Å². The van der Waals surface area contributed by atoms with Crippen LogP contribution >= 0.6 is 0 Å². The van der Waals surface area contributed by atoms with Crippen LogP contribution in [0.1, 0.15) is 69.8 Å². The summed E-state index contributed by atoms with van der Waals surface area (Å²) in [5.41, 5.74) is 4.23. The number of fused-ring (bicyclic) bond motifs is 1. The average molecular weight is 623 g/mol. The molecule has 1 aromatic rings. The molecule has 4 aliphatic rings. The maximum Gasteiger partial charge on any atom is 0.321 e. The lowest BCUT2D eigenvalue weighted by molar-refractivity contribution is -0.225. The zero-order valence-electron chi connectivity index (χ0n) is 26.3. The van der Waals surface area contributed by atoms with E-state index in [4.69, 9.17) is 24.6 Å². The van der Waals surface area contributed by atoms with Gasteiger partial charge >= 0.3 is 5.97 Å². The maximum atomic E-state index is 13.9. The molecule has 1 aromatic heterocycles. The second-order valence-corrected chi connectivity index (χ2v) is 12.9. The first-order chi connectivity index (χ1) is 21.5. The molecule has 1 saturated carbocycles. The number of carbonyl (C=O) groups excluding carboxylic acids is 3. The summed E-state index contributed by atoms with van der Waals surface area (Å²) in [5, 5.41) is 22.9. The van der Waals surface area contributed by atoms with Crippen molar-refractivity contribution in [3.05, 3.63) is 47.3 Å². The van der Waals surface area contributed by atoms with E-state index in [0.717, 1.165) is 42.6 Å². The van der Waals surface area contributed by atoms with Crippen LogP contribution in [-0.2, 0) is 41.4 Å². The van der Waals surface area contributed by atoms with Crippen LogP contribution in [0, 0.1) is 22.2 Å². The lowest BCUT2D eigenvalue weighted by Gasteiger charge is -2.38. The van der Waals surface area contributed by atoms with Crippen LogP contribution in [0.3, 0.4) is 0 Å². The number of rotatable bonds is 10. The molecule has 12 nitrogen and oxygen atoms in total. The maximum absolute atomic E-state index is 13.9. The number of hydrogen-bond acceptors (Lipinski definition) is 10. The molecule has 45 heavy (non-hydrogen) atoms. The van der Waals surface area contributed by atoms with E-state index in [0.29, 0.717) is 25.8 Å². The largest absolute Gasteiger partial charge is 0.861 e. The molecule has 12 heteroatoms. The van der Waals surface area contributed by atoms with Crippen molar-refractivity contribution in [3.8, 4) is 0 Å². The zero-order valence-corrected chi connectivity index (χ0v) is 26.3. The molecular formula is C33H44N5O7-. The van der Waals surface area contributed by atoms with Gasteiger partial charge in [0.25, 0.3) is 11.8 Å². The Hall–Kier alpha value is -3.61. The van der Waals surface area contributed by atoms with E-state index in [2.05, 4.69) is 42.8 Å². The summed E-state index contributed by atoms with van der Waals surface area (Å²) in [6, 6.07) is 2.42. The zero-order chi connectivity index (χ0) is 32.2. The molecule has 2 amide bonds. The van der Waals surface area contributed by atoms with Gasteiger partial charge in [-0.15, -0.1) is 0 Å². The number of pyridine rings is 1. The van der Waals surface area contributed by atoms with Crippen LogP contribution in [0.4, 0.5) is 0 Å². The molecular weight excluding hydrogens is 578 g/mol.